The van der Waals surface area contributed by atoms with Crippen molar-refractivity contribution in [2.45, 2.75) is 31.8 Å². The number of terminal acetylenes is 1. The molecule has 0 aromatic carbocycles. The van der Waals surface area contributed by atoms with Gasteiger partial charge in [-0.3, -0.25) is 0 Å². The van der Waals surface area contributed by atoms with Gasteiger partial charge in [-0.15, -0.1) is 6.42 Å². The third-order valence-corrected chi connectivity index (χ3v) is 2.56. The first-order valence-corrected chi connectivity index (χ1v) is 6.28. The van der Waals surface area contributed by atoms with Gasteiger partial charge in [0, 0.05) is 0 Å². The summed E-state index contributed by atoms with van der Waals surface area (Å²) in [5.41, 5.74) is 0. The molecule has 1 fully saturated rings. The van der Waals surface area contributed by atoms with Gasteiger partial charge in [0.2, 0.25) is 0 Å². The lowest BCUT2D eigenvalue weighted by Crippen LogP contribution is -2.28. The van der Waals surface area contributed by atoms with Crippen LogP contribution in [0.1, 0.15) is 13.8 Å². The van der Waals surface area contributed by atoms with E-state index in [-0.39, 0.29) is 25.4 Å². The fourth-order valence-electron chi connectivity index (χ4n) is 1.76. The van der Waals surface area contributed by atoms with Crippen LogP contribution in [0.2, 0.25) is 0 Å². The predicted molar refractivity (Wildman–Crippen MR) is 73.8 cm³/mol. The van der Waals surface area contributed by atoms with E-state index in [2.05, 4.69) is 10.7 Å². The van der Waals surface area contributed by atoms with Crippen LogP contribution in [0.4, 0.5) is 0 Å². The van der Waals surface area contributed by atoms with E-state index in [1.807, 2.05) is 19.9 Å². The van der Waals surface area contributed by atoms with Crippen molar-refractivity contribution in [2.24, 2.45) is 0 Å². The molecule has 0 N–H and O–H groups in total. The molecule has 0 unspecified atom stereocenters. The van der Waals surface area contributed by atoms with Crippen molar-refractivity contribution in [3.8, 4) is 12.3 Å². The SMILES string of the molecule is C#C/C=C/C=C/[C@H]1OC(C)(C)O[C@H]1COCC(=O)OC. The third-order valence-electron chi connectivity index (χ3n) is 2.56. The second-order valence-corrected chi connectivity index (χ2v) is 4.64. The fraction of sp³-hybridized carbons (Fsp3) is 0.533. The van der Waals surface area contributed by atoms with E-state index in [1.165, 1.54) is 7.11 Å². The second-order valence-electron chi connectivity index (χ2n) is 4.64. The van der Waals surface area contributed by atoms with Crippen molar-refractivity contribution in [2.75, 3.05) is 20.3 Å². The van der Waals surface area contributed by atoms with Crippen LogP contribution in [0.25, 0.3) is 0 Å². The maximum absolute atomic E-state index is 11.0. The van der Waals surface area contributed by atoms with Gasteiger partial charge >= 0.3 is 5.97 Å². The Bertz CT molecular complexity index is 416. The molecule has 5 nitrogen and oxygen atoms in total. The highest BCUT2D eigenvalue weighted by molar-refractivity contribution is 5.70. The van der Waals surface area contributed by atoms with Crippen LogP contribution in [0, 0.1) is 12.3 Å². The molecule has 0 saturated carbocycles. The number of hydrogen-bond donors (Lipinski definition) is 0. The normalized spacial score (nSPS) is 25.1. The molecular formula is C15H20O5. The Hall–Kier alpha value is -1.61. The highest BCUT2D eigenvalue weighted by atomic mass is 16.8. The average Bonchev–Trinajstić information content (AvgIpc) is 2.69. The van der Waals surface area contributed by atoms with Crippen LogP contribution in [-0.4, -0.2) is 44.3 Å². The zero-order chi connectivity index (χ0) is 15.0. The average molecular weight is 280 g/mol. The molecule has 0 aliphatic carbocycles. The second kappa shape index (κ2) is 7.85. The van der Waals surface area contributed by atoms with Crippen molar-refractivity contribution in [3.63, 3.8) is 0 Å². The van der Waals surface area contributed by atoms with Gasteiger partial charge in [0.25, 0.3) is 0 Å². The molecule has 1 rings (SSSR count). The summed E-state index contributed by atoms with van der Waals surface area (Å²) in [4.78, 5) is 11.0. The van der Waals surface area contributed by atoms with Crippen molar-refractivity contribution < 1.29 is 23.7 Å². The predicted octanol–water partition coefficient (Wildman–Crippen LogP) is 1.44. The molecule has 0 spiro atoms. The minimum absolute atomic E-state index is 0.107. The number of hydrogen-bond acceptors (Lipinski definition) is 5. The maximum atomic E-state index is 11.0. The minimum Gasteiger partial charge on any atom is -0.467 e. The summed E-state index contributed by atoms with van der Waals surface area (Å²) in [7, 11) is 1.31. The number of methoxy groups -OCH3 is 1. The van der Waals surface area contributed by atoms with E-state index in [4.69, 9.17) is 20.6 Å². The number of rotatable bonds is 6. The van der Waals surface area contributed by atoms with Crippen LogP contribution in [0.15, 0.2) is 24.3 Å². The highest BCUT2D eigenvalue weighted by Crippen LogP contribution is 2.29. The van der Waals surface area contributed by atoms with E-state index in [1.54, 1.807) is 18.2 Å². The minimum atomic E-state index is -0.690. The first-order chi connectivity index (χ1) is 9.48. The van der Waals surface area contributed by atoms with E-state index in [9.17, 15) is 4.79 Å². The summed E-state index contributed by atoms with van der Waals surface area (Å²) < 4.78 is 21.2. The molecule has 2 atom stereocenters. The van der Waals surface area contributed by atoms with E-state index >= 15 is 0 Å². The van der Waals surface area contributed by atoms with Crippen molar-refractivity contribution in [1.82, 2.24) is 0 Å². The van der Waals surface area contributed by atoms with Gasteiger partial charge in [0.15, 0.2) is 5.79 Å². The van der Waals surface area contributed by atoms with E-state index in [0.717, 1.165) is 0 Å². The first kappa shape index (κ1) is 16.4. The third kappa shape index (κ3) is 5.57. The van der Waals surface area contributed by atoms with Gasteiger partial charge in [0.1, 0.15) is 18.8 Å². The molecule has 0 bridgehead atoms. The first-order valence-electron chi connectivity index (χ1n) is 6.28. The van der Waals surface area contributed by atoms with E-state index < -0.39 is 11.8 Å². The lowest BCUT2D eigenvalue weighted by Gasteiger charge is -2.16. The van der Waals surface area contributed by atoms with Gasteiger partial charge in [-0.1, -0.05) is 24.1 Å². The molecule has 20 heavy (non-hydrogen) atoms. The van der Waals surface area contributed by atoms with Gasteiger partial charge in [-0.2, -0.15) is 0 Å². The Morgan fingerprint density at radius 2 is 2.15 bits per heavy atom. The van der Waals surface area contributed by atoms with E-state index in [0.29, 0.717) is 0 Å². The topological polar surface area (TPSA) is 54.0 Å². The van der Waals surface area contributed by atoms with Crippen LogP contribution < -0.4 is 0 Å². The Morgan fingerprint density at radius 1 is 1.40 bits per heavy atom. The molecule has 110 valence electrons. The summed E-state index contributed by atoms with van der Waals surface area (Å²) in [5.74, 6) is 1.28. The molecule has 1 aliphatic heterocycles. The van der Waals surface area contributed by atoms with Gasteiger partial charge < -0.3 is 18.9 Å². The number of esters is 1. The Balaban J connectivity index is 2.52. The molecular weight excluding hydrogens is 260 g/mol. The van der Waals surface area contributed by atoms with Crippen molar-refractivity contribution in [1.29, 1.82) is 0 Å². The fourth-order valence-corrected chi connectivity index (χ4v) is 1.76. The number of allylic oxidation sites excluding steroid dienone is 3. The smallest absolute Gasteiger partial charge is 0.331 e. The largest absolute Gasteiger partial charge is 0.467 e. The number of carbonyl (C=O) groups is 1. The standard InChI is InChI=1S/C15H20O5/c1-5-6-7-8-9-12-13(20-15(2,3)19-12)10-18-11-14(16)17-4/h1,6-9,12-13H,10-11H2,2-4H3/b7-6+,9-8+/t12-,13+/m1/s1. The Kier molecular flexibility index (Phi) is 6.46. The van der Waals surface area contributed by atoms with Gasteiger partial charge in [-0.25, -0.2) is 4.79 Å². The summed E-state index contributed by atoms with van der Waals surface area (Å²) in [6.45, 7) is 3.79. The summed E-state index contributed by atoms with van der Waals surface area (Å²) in [5, 5.41) is 0. The molecule has 1 aliphatic rings. The van der Waals surface area contributed by atoms with Crippen LogP contribution in [0.3, 0.4) is 0 Å². The zero-order valence-electron chi connectivity index (χ0n) is 12.0. The molecule has 0 radical (unpaired) electrons. The Labute approximate surface area is 119 Å². The molecule has 0 aromatic heterocycles. The molecule has 0 amide bonds. The van der Waals surface area contributed by atoms with Gasteiger partial charge in [0.05, 0.1) is 13.7 Å². The lowest BCUT2D eigenvalue weighted by molar-refractivity contribution is -0.154. The summed E-state index contributed by atoms with van der Waals surface area (Å²) >= 11 is 0. The Morgan fingerprint density at radius 3 is 2.80 bits per heavy atom. The molecule has 1 saturated heterocycles. The lowest BCUT2D eigenvalue weighted by atomic mass is 10.2. The molecule has 5 heteroatoms. The van der Waals surface area contributed by atoms with Crippen molar-refractivity contribution >= 4 is 5.97 Å². The molecule has 1 heterocycles. The quantitative estimate of drug-likeness (QED) is 0.419. The van der Waals surface area contributed by atoms with Crippen molar-refractivity contribution in [3.05, 3.63) is 24.3 Å². The maximum Gasteiger partial charge on any atom is 0.331 e. The molecule has 0 aromatic rings. The van der Waals surface area contributed by atoms with Crippen LogP contribution >= 0.6 is 0 Å². The van der Waals surface area contributed by atoms with Gasteiger partial charge in [-0.05, 0) is 19.9 Å². The number of carbonyl (C=O) groups excluding carboxylic acids is 1. The highest BCUT2D eigenvalue weighted by Gasteiger charge is 2.39. The van der Waals surface area contributed by atoms with Crippen LogP contribution in [0.5, 0.6) is 0 Å². The van der Waals surface area contributed by atoms with Crippen LogP contribution in [-0.2, 0) is 23.7 Å². The zero-order valence-corrected chi connectivity index (χ0v) is 12.0. The summed E-state index contributed by atoms with van der Waals surface area (Å²) in [6, 6.07) is 0. The number of ether oxygens (including phenoxy) is 4. The monoisotopic (exact) mass is 280 g/mol. The summed E-state index contributed by atoms with van der Waals surface area (Å²) in [6.07, 6.45) is 11.5.